The van der Waals surface area contributed by atoms with Gasteiger partial charge in [-0.2, -0.15) is 0 Å². The Morgan fingerprint density at radius 2 is 1.76 bits per heavy atom. The third kappa shape index (κ3) is 8.47. The fourth-order valence-corrected chi connectivity index (χ4v) is 1.22. The molecule has 0 fully saturated rings. The number of methoxy groups -OCH3 is 1. The van der Waals surface area contributed by atoms with Crippen LogP contribution in [0, 0.1) is 0 Å². The van der Waals surface area contributed by atoms with E-state index in [9.17, 15) is 9.59 Å². The topological polar surface area (TPSA) is 64.6 Å². The van der Waals surface area contributed by atoms with Crippen LogP contribution in [-0.4, -0.2) is 19.2 Å². The van der Waals surface area contributed by atoms with Gasteiger partial charge in [-0.25, -0.2) is 9.59 Å². The van der Waals surface area contributed by atoms with Crippen molar-refractivity contribution in [1.82, 2.24) is 5.32 Å². The smallest absolute Gasteiger partial charge is 0.412 e. The minimum absolute atomic E-state index is 0.0514. The Morgan fingerprint density at radius 1 is 1.19 bits per heavy atom. The summed E-state index contributed by atoms with van der Waals surface area (Å²) in [6.07, 6.45) is 1.99. The normalized spacial score (nSPS) is 10.0. The Kier molecular flexibility index (Phi) is 10.3. The number of alkyl carbamates (subject to hydrolysis) is 1. The minimum Gasteiger partial charge on any atom is -0.464 e. The van der Waals surface area contributed by atoms with Gasteiger partial charge in [0.1, 0.15) is 12.3 Å². The maximum absolute atomic E-state index is 11.4. The fraction of sp³-hybridized carbons (Fsp3) is 0.375. The number of rotatable bonds is 4. The van der Waals surface area contributed by atoms with Crippen LogP contribution in [0.1, 0.15) is 32.8 Å². The number of nitrogens with one attached hydrogen (secondary N) is 1. The summed E-state index contributed by atoms with van der Waals surface area (Å²) in [5.74, 6) is -0.617. The molecule has 0 aliphatic carbocycles. The molecule has 1 aromatic rings. The standard InChI is InChI=1S/C13H15NO4.C3H8/c1-3-11(12(15)17-2)14-13(16)18-9-10-7-5-4-6-8-10;1-3-2/h3-8H,9H2,1-2H3,(H,14,16);3H2,1-2H3/b11-3+;. The van der Waals surface area contributed by atoms with Gasteiger partial charge in [0.2, 0.25) is 0 Å². The van der Waals surface area contributed by atoms with Crippen molar-refractivity contribution in [3.63, 3.8) is 0 Å². The van der Waals surface area contributed by atoms with Gasteiger partial charge in [-0.1, -0.05) is 56.7 Å². The molecule has 0 aliphatic heterocycles. The van der Waals surface area contributed by atoms with Crippen LogP contribution in [0.5, 0.6) is 0 Å². The molecule has 0 aromatic heterocycles. The quantitative estimate of drug-likeness (QED) is 0.682. The molecule has 0 unspecified atom stereocenters. The highest BCUT2D eigenvalue weighted by atomic mass is 16.6. The molecular weight excluding hydrogens is 270 g/mol. The molecule has 1 N–H and O–H groups in total. The van der Waals surface area contributed by atoms with Gasteiger partial charge in [0.25, 0.3) is 0 Å². The maximum atomic E-state index is 11.4. The highest BCUT2D eigenvalue weighted by Gasteiger charge is 2.12. The van der Waals surface area contributed by atoms with Crippen LogP contribution in [0.2, 0.25) is 0 Å². The lowest BCUT2D eigenvalue weighted by Gasteiger charge is -2.08. The second-order valence-corrected chi connectivity index (χ2v) is 4.09. The Labute approximate surface area is 125 Å². The largest absolute Gasteiger partial charge is 0.464 e. The predicted molar refractivity (Wildman–Crippen MR) is 81.5 cm³/mol. The zero-order chi connectivity index (χ0) is 16.1. The van der Waals surface area contributed by atoms with Gasteiger partial charge in [-0.3, -0.25) is 5.32 Å². The van der Waals surface area contributed by atoms with Gasteiger partial charge in [0.15, 0.2) is 0 Å². The predicted octanol–water partition coefficient (Wildman–Crippen LogP) is 3.41. The summed E-state index contributed by atoms with van der Waals surface area (Å²) in [5, 5.41) is 2.31. The first-order valence-electron chi connectivity index (χ1n) is 6.81. The van der Waals surface area contributed by atoms with Crippen molar-refractivity contribution >= 4 is 12.1 Å². The summed E-state index contributed by atoms with van der Waals surface area (Å²) in [7, 11) is 1.24. The minimum atomic E-state index is -0.697. The second-order valence-electron chi connectivity index (χ2n) is 4.09. The van der Waals surface area contributed by atoms with Gasteiger partial charge >= 0.3 is 12.1 Å². The molecule has 1 aromatic carbocycles. The van der Waals surface area contributed by atoms with Crippen molar-refractivity contribution < 1.29 is 19.1 Å². The second kappa shape index (κ2) is 11.5. The monoisotopic (exact) mass is 293 g/mol. The molecule has 0 radical (unpaired) electrons. The number of allylic oxidation sites excluding steroid dienone is 1. The molecule has 21 heavy (non-hydrogen) atoms. The molecule has 1 rings (SSSR count). The Hall–Kier alpha value is -2.30. The number of carbonyl (C=O) groups is 2. The lowest BCUT2D eigenvalue weighted by molar-refractivity contribution is -0.136. The van der Waals surface area contributed by atoms with E-state index < -0.39 is 12.1 Å². The van der Waals surface area contributed by atoms with Gasteiger partial charge in [0.05, 0.1) is 7.11 Å². The lowest BCUT2D eigenvalue weighted by atomic mass is 10.2. The molecule has 0 heterocycles. The number of esters is 1. The number of hydrogen-bond acceptors (Lipinski definition) is 4. The van der Waals surface area contributed by atoms with Crippen molar-refractivity contribution in [2.45, 2.75) is 33.8 Å². The van der Waals surface area contributed by atoms with Crippen LogP contribution < -0.4 is 5.32 Å². The number of carbonyl (C=O) groups excluding carboxylic acids is 2. The van der Waals surface area contributed by atoms with Crippen LogP contribution in [0.4, 0.5) is 4.79 Å². The first-order valence-corrected chi connectivity index (χ1v) is 6.81. The van der Waals surface area contributed by atoms with Crippen molar-refractivity contribution in [2.24, 2.45) is 0 Å². The lowest BCUT2D eigenvalue weighted by Crippen LogP contribution is -2.28. The van der Waals surface area contributed by atoms with Crippen LogP contribution >= 0.6 is 0 Å². The van der Waals surface area contributed by atoms with Crippen LogP contribution in [-0.2, 0) is 20.9 Å². The summed E-state index contributed by atoms with van der Waals surface area (Å²) >= 11 is 0. The van der Waals surface area contributed by atoms with Crippen molar-refractivity contribution in [1.29, 1.82) is 0 Å². The van der Waals surface area contributed by atoms with Crippen molar-refractivity contribution in [2.75, 3.05) is 7.11 Å². The molecule has 5 heteroatoms. The summed E-state index contributed by atoms with van der Waals surface area (Å²) < 4.78 is 9.45. The molecule has 0 bridgehead atoms. The molecule has 0 spiro atoms. The molecule has 5 nitrogen and oxygen atoms in total. The molecule has 0 aliphatic rings. The van der Waals surface area contributed by atoms with Crippen molar-refractivity contribution in [3.8, 4) is 0 Å². The number of hydrogen-bond donors (Lipinski definition) is 1. The van der Waals surface area contributed by atoms with Gasteiger partial charge in [-0.15, -0.1) is 0 Å². The van der Waals surface area contributed by atoms with E-state index in [2.05, 4.69) is 23.9 Å². The van der Waals surface area contributed by atoms with E-state index in [0.717, 1.165) is 5.56 Å². The van der Waals surface area contributed by atoms with Crippen LogP contribution in [0.3, 0.4) is 0 Å². The fourth-order valence-electron chi connectivity index (χ4n) is 1.22. The number of amides is 1. The SMILES string of the molecule is C/C=C(/NC(=O)OCc1ccccc1)C(=O)OC.CCC. The van der Waals surface area contributed by atoms with E-state index in [0.29, 0.717) is 0 Å². The molecular formula is C16H23NO4. The van der Waals surface area contributed by atoms with E-state index in [1.165, 1.54) is 19.6 Å². The Bertz CT molecular complexity index is 455. The van der Waals surface area contributed by atoms with Crippen LogP contribution in [0.15, 0.2) is 42.1 Å². The summed E-state index contributed by atoms with van der Waals surface area (Å²) in [5.41, 5.74) is 0.920. The zero-order valence-corrected chi connectivity index (χ0v) is 13.0. The highest BCUT2D eigenvalue weighted by molar-refractivity contribution is 5.91. The van der Waals surface area contributed by atoms with E-state index in [1.54, 1.807) is 6.92 Å². The third-order valence-electron chi connectivity index (χ3n) is 2.14. The van der Waals surface area contributed by atoms with E-state index in [1.807, 2.05) is 30.3 Å². The van der Waals surface area contributed by atoms with Crippen molar-refractivity contribution in [3.05, 3.63) is 47.7 Å². The van der Waals surface area contributed by atoms with Gasteiger partial charge in [0, 0.05) is 0 Å². The molecule has 0 saturated heterocycles. The van der Waals surface area contributed by atoms with E-state index in [-0.39, 0.29) is 12.3 Å². The highest BCUT2D eigenvalue weighted by Crippen LogP contribution is 2.01. The summed E-state index contributed by atoms with van der Waals surface area (Å²) in [6, 6.07) is 9.25. The summed E-state index contributed by atoms with van der Waals surface area (Å²) in [4.78, 5) is 22.6. The van der Waals surface area contributed by atoms with E-state index >= 15 is 0 Å². The molecule has 116 valence electrons. The molecule has 0 saturated carbocycles. The summed E-state index contributed by atoms with van der Waals surface area (Å²) in [6.45, 7) is 6.01. The number of benzene rings is 1. The van der Waals surface area contributed by atoms with Gasteiger partial charge < -0.3 is 9.47 Å². The average Bonchev–Trinajstić information content (AvgIpc) is 2.51. The zero-order valence-electron chi connectivity index (χ0n) is 13.0. The average molecular weight is 293 g/mol. The first kappa shape index (κ1) is 18.7. The van der Waals surface area contributed by atoms with Gasteiger partial charge in [-0.05, 0) is 12.5 Å². The maximum Gasteiger partial charge on any atom is 0.412 e. The van der Waals surface area contributed by atoms with E-state index in [4.69, 9.17) is 4.74 Å². The first-order chi connectivity index (χ1) is 10.1. The molecule has 1 amide bonds. The Balaban J connectivity index is 0.00000122. The molecule has 0 atom stereocenters. The van der Waals surface area contributed by atoms with Crippen LogP contribution in [0.25, 0.3) is 0 Å². The third-order valence-corrected chi connectivity index (χ3v) is 2.14. The Morgan fingerprint density at radius 3 is 2.24 bits per heavy atom. The number of ether oxygens (including phenoxy) is 2.